The zero-order valence-electron chi connectivity index (χ0n) is 12.4. The maximum absolute atomic E-state index is 11.8. The molecule has 2 fully saturated rings. The first-order chi connectivity index (χ1) is 9.41. The molecule has 0 radical (unpaired) electrons. The lowest BCUT2D eigenvalue weighted by Gasteiger charge is -2.36. The SMILES string of the molecule is CCOC(=O)CN(C1CC1)C1CCCC(S(C)(=O)=O)C1. The summed E-state index contributed by atoms with van der Waals surface area (Å²) in [6.07, 6.45) is 6.88. The first-order valence-electron chi connectivity index (χ1n) is 7.52. The molecule has 0 spiro atoms. The number of esters is 1. The van der Waals surface area contributed by atoms with Gasteiger partial charge in [-0.25, -0.2) is 8.42 Å². The van der Waals surface area contributed by atoms with E-state index in [9.17, 15) is 13.2 Å². The summed E-state index contributed by atoms with van der Waals surface area (Å²) >= 11 is 0. The summed E-state index contributed by atoms with van der Waals surface area (Å²) in [7, 11) is -2.98. The molecule has 20 heavy (non-hydrogen) atoms. The second kappa shape index (κ2) is 6.43. The van der Waals surface area contributed by atoms with Crippen LogP contribution in [0.5, 0.6) is 0 Å². The number of rotatable bonds is 6. The largest absolute Gasteiger partial charge is 0.465 e. The summed E-state index contributed by atoms with van der Waals surface area (Å²) in [5, 5.41) is -0.246. The molecule has 2 rings (SSSR count). The lowest BCUT2D eigenvalue weighted by Crippen LogP contribution is -2.45. The fourth-order valence-electron chi connectivity index (χ4n) is 3.13. The van der Waals surface area contributed by atoms with Crippen molar-refractivity contribution in [1.29, 1.82) is 0 Å². The highest BCUT2D eigenvalue weighted by atomic mass is 32.2. The Morgan fingerprint density at radius 2 is 1.90 bits per heavy atom. The molecule has 2 unspecified atom stereocenters. The fourth-order valence-corrected chi connectivity index (χ4v) is 4.30. The van der Waals surface area contributed by atoms with Crippen LogP contribution in [0.2, 0.25) is 0 Å². The van der Waals surface area contributed by atoms with Crippen molar-refractivity contribution in [2.24, 2.45) is 0 Å². The summed E-state index contributed by atoms with van der Waals surface area (Å²) in [5.41, 5.74) is 0. The van der Waals surface area contributed by atoms with E-state index >= 15 is 0 Å². The van der Waals surface area contributed by atoms with E-state index in [0.29, 0.717) is 25.6 Å². The molecule has 2 aliphatic carbocycles. The molecule has 0 aromatic rings. The number of sulfone groups is 1. The van der Waals surface area contributed by atoms with Crippen LogP contribution in [0.1, 0.15) is 45.4 Å². The van der Waals surface area contributed by atoms with Crippen LogP contribution in [0.4, 0.5) is 0 Å². The van der Waals surface area contributed by atoms with Crippen molar-refractivity contribution in [1.82, 2.24) is 4.90 Å². The number of carbonyl (C=O) groups is 1. The summed E-state index contributed by atoms with van der Waals surface area (Å²) in [6.45, 7) is 2.51. The van der Waals surface area contributed by atoms with E-state index in [1.54, 1.807) is 6.92 Å². The molecule has 2 aliphatic rings. The highest BCUT2D eigenvalue weighted by Crippen LogP contribution is 2.35. The Kier molecular flexibility index (Phi) is 5.07. The van der Waals surface area contributed by atoms with Gasteiger partial charge in [0.2, 0.25) is 0 Å². The average molecular weight is 303 g/mol. The van der Waals surface area contributed by atoms with Gasteiger partial charge in [-0.3, -0.25) is 9.69 Å². The Balaban J connectivity index is 2.00. The highest BCUT2D eigenvalue weighted by molar-refractivity contribution is 7.91. The molecule has 2 saturated carbocycles. The minimum absolute atomic E-state index is 0.194. The molecule has 6 heteroatoms. The van der Waals surface area contributed by atoms with E-state index in [4.69, 9.17) is 4.74 Å². The molecule has 0 bridgehead atoms. The Morgan fingerprint density at radius 1 is 1.20 bits per heavy atom. The summed E-state index contributed by atoms with van der Waals surface area (Å²) in [4.78, 5) is 13.9. The Bertz CT molecular complexity index is 444. The minimum Gasteiger partial charge on any atom is -0.465 e. The van der Waals surface area contributed by atoms with Crippen LogP contribution >= 0.6 is 0 Å². The van der Waals surface area contributed by atoms with Gasteiger partial charge in [0.1, 0.15) is 9.84 Å². The van der Waals surface area contributed by atoms with E-state index in [1.807, 2.05) is 0 Å². The molecule has 0 aromatic carbocycles. The third-order valence-corrected chi connectivity index (χ3v) is 5.94. The van der Waals surface area contributed by atoms with Crippen LogP contribution in [-0.2, 0) is 19.4 Å². The van der Waals surface area contributed by atoms with Gasteiger partial charge in [0.25, 0.3) is 0 Å². The van der Waals surface area contributed by atoms with Gasteiger partial charge in [-0.05, 0) is 39.0 Å². The number of hydrogen-bond acceptors (Lipinski definition) is 5. The monoisotopic (exact) mass is 303 g/mol. The number of ether oxygens (including phenoxy) is 1. The average Bonchev–Trinajstić information content (AvgIpc) is 3.20. The van der Waals surface area contributed by atoms with Gasteiger partial charge in [-0.1, -0.05) is 6.42 Å². The molecular formula is C14H25NO4S. The second-order valence-electron chi connectivity index (χ2n) is 5.98. The molecule has 0 amide bonds. The fraction of sp³-hybridized carbons (Fsp3) is 0.929. The zero-order valence-corrected chi connectivity index (χ0v) is 13.2. The van der Waals surface area contributed by atoms with Gasteiger partial charge in [0.15, 0.2) is 0 Å². The van der Waals surface area contributed by atoms with Crippen molar-refractivity contribution < 1.29 is 17.9 Å². The maximum atomic E-state index is 11.8. The molecule has 0 aliphatic heterocycles. The Morgan fingerprint density at radius 3 is 2.45 bits per heavy atom. The van der Waals surface area contributed by atoms with E-state index in [2.05, 4.69) is 4.90 Å². The van der Waals surface area contributed by atoms with E-state index in [1.165, 1.54) is 6.26 Å². The van der Waals surface area contributed by atoms with E-state index in [-0.39, 0.29) is 17.3 Å². The minimum atomic E-state index is -2.98. The molecule has 0 heterocycles. The van der Waals surface area contributed by atoms with Crippen LogP contribution in [0.25, 0.3) is 0 Å². The van der Waals surface area contributed by atoms with Crippen molar-refractivity contribution >= 4 is 15.8 Å². The van der Waals surface area contributed by atoms with Crippen molar-refractivity contribution in [2.45, 2.75) is 62.8 Å². The first kappa shape index (κ1) is 15.8. The third kappa shape index (κ3) is 4.19. The summed E-state index contributed by atoms with van der Waals surface area (Å²) < 4.78 is 28.5. The second-order valence-corrected chi connectivity index (χ2v) is 8.31. The molecule has 2 atom stereocenters. The third-order valence-electron chi connectivity index (χ3n) is 4.31. The highest BCUT2D eigenvalue weighted by Gasteiger charge is 2.39. The quantitative estimate of drug-likeness (QED) is 0.694. The summed E-state index contributed by atoms with van der Waals surface area (Å²) in [6, 6.07) is 0.656. The first-order valence-corrected chi connectivity index (χ1v) is 9.47. The smallest absolute Gasteiger partial charge is 0.320 e. The number of carbonyl (C=O) groups excluding carboxylic acids is 1. The van der Waals surface area contributed by atoms with E-state index in [0.717, 1.165) is 32.1 Å². The molecular weight excluding hydrogens is 278 g/mol. The standard InChI is InChI=1S/C14H25NO4S/c1-3-19-14(16)10-15(11-7-8-11)12-5-4-6-13(9-12)20(2,17)18/h11-13H,3-10H2,1-2H3. The lowest BCUT2D eigenvalue weighted by molar-refractivity contribution is -0.145. The molecule has 116 valence electrons. The van der Waals surface area contributed by atoms with Crippen molar-refractivity contribution in [3.63, 3.8) is 0 Å². The van der Waals surface area contributed by atoms with Crippen LogP contribution in [0.15, 0.2) is 0 Å². The number of nitrogens with zero attached hydrogens (tertiary/aromatic N) is 1. The van der Waals surface area contributed by atoms with Crippen molar-refractivity contribution in [3.8, 4) is 0 Å². The normalized spacial score (nSPS) is 27.6. The van der Waals surface area contributed by atoms with Crippen LogP contribution in [0.3, 0.4) is 0 Å². The zero-order chi connectivity index (χ0) is 14.8. The van der Waals surface area contributed by atoms with Gasteiger partial charge >= 0.3 is 5.97 Å². The van der Waals surface area contributed by atoms with Gasteiger partial charge in [0.05, 0.1) is 18.4 Å². The maximum Gasteiger partial charge on any atom is 0.320 e. The van der Waals surface area contributed by atoms with Crippen molar-refractivity contribution in [2.75, 3.05) is 19.4 Å². The van der Waals surface area contributed by atoms with Crippen LogP contribution in [0, 0.1) is 0 Å². The predicted octanol–water partition coefficient (Wildman–Crippen LogP) is 1.37. The van der Waals surface area contributed by atoms with Gasteiger partial charge in [-0.15, -0.1) is 0 Å². The molecule has 0 aromatic heterocycles. The number of hydrogen-bond donors (Lipinski definition) is 0. The van der Waals surface area contributed by atoms with Gasteiger partial charge in [-0.2, -0.15) is 0 Å². The molecule has 0 saturated heterocycles. The molecule has 5 nitrogen and oxygen atoms in total. The van der Waals surface area contributed by atoms with Gasteiger partial charge in [0, 0.05) is 18.3 Å². The van der Waals surface area contributed by atoms with Crippen LogP contribution < -0.4 is 0 Å². The van der Waals surface area contributed by atoms with Crippen LogP contribution in [-0.4, -0.2) is 56.0 Å². The molecule has 0 N–H and O–H groups in total. The predicted molar refractivity (Wildman–Crippen MR) is 77.2 cm³/mol. The van der Waals surface area contributed by atoms with Crippen molar-refractivity contribution in [3.05, 3.63) is 0 Å². The van der Waals surface area contributed by atoms with Gasteiger partial charge < -0.3 is 4.74 Å². The van der Waals surface area contributed by atoms with E-state index < -0.39 is 9.84 Å². The topological polar surface area (TPSA) is 63.7 Å². The lowest BCUT2D eigenvalue weighted by atomic mass is 9.93. The Labute approximate surface area is 121 Å². The summed E-state index contributed by atoms with van der Waals surface area (Å²) in [5.74, 6) is -0.194. The Hall–Kier alpha value is -0.620.